The molecule has 108 valence electrons. The van der Waals surface area contributed by atoms with Crippen LogP contribution in [0.15, 0.2) is 30.3 Å². The zero-order chi connectivity index (χ0) is 13.9. The molecule has 0 spiro atoms. The number of hydrogen-bond acceptors (Lipinski definition) is 2. The molecule has 20 heavy (non-hydrogen) atoms. The number of nitrogens with one attached hydrogen (secondary N) is 1. The van der Waals surface area contributed by atoms with Crippen molar-refractivity contribution < 1.29 is 4.79 Å². The van der Waals surface area contributed by atoms with Gasteiger partial charge < -0.3 is 4.90 Å². The lowest BCUT2D eigenvalue weighted by Crippen LogP contribution is -2.44. The topological polar surface area (TPSA) is 32.3 Å². The molecule has 1 aromatic rings. The zero-order valence-electron chi connectivity index (χ0n) is 12.2. The molecule has 1 aromatic carbocycles. The first-order valence-corrected chi connectivity index (χ1v) is 7.88. The lowest BCUT2D eigenvalue weighted by molar-refractivity contribution is -0.132. The maximum Gasteiger partial charge on any atom is 0.241 e. The van der Waals surface area contributed by atoms with Crippen LogP contribution in [0.1, 0.15) is 44.6 Å². The van der Waals surface area contributed by atoms with Crippen molar-refractivity contribution in [3.8, 4) is 0 Å². The Labute approximate surface area is 121 Å². The van der Waals surface area contributed by atoms with Crippen molar-refractivity contribution in [1.82, 2.24) is 10.2 Å². The number of amides is 1. The molecule has 3 heteroatoms. The van der Waals surface area contributed by atoms with Gasteiger partial charge in [-0.1, -0.05) is 49.6 Å². The maximum atomic E-state index is 12.7. The molecule has 0 radical (unpaired) electrons. The molecular weight excluding hydrogens is 248 g/mol. The molecule has 1 N–H and O–H groups in total. The van der Waals surface area contributed by atoms with Crippen LogP contribution >= 0.6 is 0 Å². The van der Waals surface area contributed by atoms with Gasteiger partial charge in [0.05, 0.1) is 12.2 Å². The minimum Gasteiger partial charge on any atom is -0.323 e. The van der Waals surface area contributed by atoms with E-state index < -0.39 is 0 Å². The van der Waals surface area contributed by atoms with Crippen molar-refractivity contribution in [2.45, 2.75) is 63.7 Å². The van der Waals surface area contributed by atoms with E-state index in [1.165, 1.54) is 37.7 Å². The molecule has 2 aliphatic rings. The molecule has 2 fully saturated rings. The standard InChI is InChI=1S/C17H24N2O/c1-13-18-16(12-14-8-4-2-5-9-14)17(20)19(13)15-10-6-3-7-11-15/h2,4-5,8-9,13,15-16,18H,3,6-7,10-12H2,1H3. The lowest BCUT2D eigenvalue weighted by atomic mass is 9.94. The van der Waals surface area contributed by atoms with Gasteiger partial charge in [0.15, 0.2) is 0 Å². The van der Waals surface area contributed by atoms with Gasteiger partial charge in [-0.15, -0.1) is 0 Å². The molecule has 3 rings (SSSR count). The van der Waals surface area contributed by atoms with Crippen LogP contribution in [0.4, 0.5) is 0 Å². The summed E-state index contributed by atoms with van der Waals surface area (Å²) in [5.74, 6) is 0.299. The first-order chi connectivity index (χ1) is 9.75. The van der Waals surface area contributed by atoms with Crippen molar-refractivity contribution in [2.75, 3.05) is 0 Å². The van der Waals surface area contributed by atoms with Crippen LogP contribution in [-0.2, 0) is 11.2 Å². The smallest absolute Gasteiger partial charge is 0.241 e. The number of carbonyl (C=O) groups is 1. The van der Waals surface area contributed by atoms with Gasteiger partial charge in [-0.25, -0.2) is 0 Å². The highest BCUT2D eigenvalue weighted by atomic mass is 16.2. The quantitative estimate of drug-likeness (QED) is 0.917. The fraction of sp³-hybridized carbons (Fsp3) is 0.588. The Bertz CT molecular complexity index is 453. The first-order valence-electron chi connectivity index (χ1n) is 7.88. The predicted octanol–water partition coefficient (Wildman–Crippen LogP) is 2.71. The average molecular weight is 272 g/mol. The monoisotopic (exact) mass is 272 g/mol. The van der Waals surface area contributed by atoms with Gasteiger partial charge in [0.1, 0.15) is 0 Å². The molecule has 0 bridgehead atoms. The van der Waals surface area contributed by atoms with Crippen LogP contribution in [0.2, 0.25) is 0 Å². The summed E-state index contributed by atoms with van der Waals surface area (Å²) in [7, 11) is 0. The fourth-order valence-corrected chi connectivity index (χ4v) is 3.66. The summed E-state index contributed by atoms with van der Waals surface area (Å²) in [4.78, 5) is 14.8. The number of hydrogen-bond donors (Lipinski definition) is 1. The second-order valence-corrected chi connectivity index (χ2v) is 6.12. The van der Waals surface area contributed by atoms with Gasteiger partial charge in [-0.2, -0.15) is 0 Å². The van der Waals surface area contributed by atoms with Gasteiger partial charge in [-0.05, 0) is 31.7 Å². The van der Waals surface area contributed by atoms with E-state index >= 15 is 0 Å². The Balaban J connectivity index is 1.68. The van der Waals surface area contributed by atoms with Crippen LogP contribution < -0.4 is 5.32 Å². The van der Waals surface area contributed by atoms with E-state index in [-0.39, 0.29) is 12.2 Å². The Hall–Kier alpha value is -1.35. The van der Waals surface area contributed by atoms with Crippen LogP contribution in [0.5, 0.6) is 0 Å². The summed E-state index contributed by atoms with van der Waals surface area (Å²) >= 11 is 0. The minimum absolute atomic E-state index is 0.0469. The van der Waals surface area contributed by atoms with Crippen molar-refractivity contribution >= 4 is 5.91 Å². The normalized spacial score (nSPS) is 28.1. The molecular formula is C17H24N2O. The summed E-state index contributed by atoms with van der Waals surface area (Å²) in [5.41, 5.74) is 1.23. The zero-order valence-corrected chi connectivity index (χ0v) is 12.2. The highest BCUT2D eigenvalue weighted by Crippen LogP contribution is 2.27. The molecule has 1 aliphatic heterocycles. The third-order valence-electron chi connectivity index (χ3n) is 4.66. The van der Waals surface area contributed by atoms with Crippen molar-refractivity contribution in [3.05, 3.63) is 35.9 Å². The average Bonchev–Trinajstić information content (AvgIpc) is 2.75. The predicted molar refractivity (Wildman–Crippen MR) is 80.3 cm³/mol. The molecule has 1 amide bonds. The largest absolute Gasteiger partial charge is 0.323 e. The molecule has 1 heterocycles. The summed E-state index contributed by atoms with van der Waals surface area (Å²) in [6, 6.07) is 10.7. The second kappa shape index (κ2) is 5.96. The third kappa shape index (κ3) is 2.73. The Morgan fingerprint density at radius 1 is 1.15 bits per heavy atom. The van der Waals surface area contributed by atoms with E-state index in [0.717, 1.165) is 6.42 Å². The second-order valence-electron chi connectivity index (χ2n) is 6.12. The number of carbonyl (C=O) groups excluding carboxylic acids is 1. The third-order valence-corrected chi connectivity index (χ3v) is 4.66. The van der Waals surface area contributed by atoms with E-state index in [1.807, 2.05) is 18.2 Å². The number of rotatable bonds is 3. The van der Waals surface area contributed by atoms with E-state index in [1.54, 1.807) is 0 Å². The summed E-state index contributed by atoms with van der Waals surface area (Å²) in [6.45, 7) is 2.12. The van der Waals surface area contributed by atoms with Crippen molar-refractivity contribution in [1.29, 1.82) is 0 Å². The van der Waals surface area contributed by atoms with Crippen LogP contribution in [-0.4, -0.2) is 29.1 Å². The van der Waals surface area contributed by atoms with Crippen molar-refractivity contribution in [3.63, 3.8) is 0 Å². The van der Waals surface area contributed by atoms with E-state index in [0.29, 0.717) is 11.9 Å². The fourth-order valence-electron chi connectivity index (χ4n) is 3.66. The summed E-state index contributed by atoms with van der Waals surface area (Å²) in [5, 5.41) is 3.48. The van der Waals surface area contributed by atoms with Gasteiger partial charge in [0.2, 0.25) is 5.91 Å². The van der Waals surface area contributed by atoms with Gasteiger partial charge >= 0.3 is 0 Å². The van der Waals surface area contributed by atoms with E-state index in [2.05, 4.69) is 29.3 Å². The summed E-state index contributed by atoms with van der Waals surface area (Å²) in [6.07, 6.45) is 7.20. The molecule has 1 aliphatic carbocycles. The molecule has 1 saturated carbocycles. The highest BCUT2D eigenvalue weighted by Gasteiger charge is 2.40. The summed E-state index contributed by atoms with van der Waals surface area (Å²) < 4.78 is 0. The Morgan fingerprint density at radius 3 is 2.55 bits per heavy atom. The number of benzene rings is 1. The minimum atomic E-state index is -0.0469. The van der Waals surface area contributed by atoms with Crippen LogP contribution in [0.3, 0.4) is 0 Å². The molecule has 3 nitrogen and oxygen atoms in total. The molecule has 0 aromatic heterocycles. The van der Waals surface area contributed by atoms with Crippen LogP contribution in [0, 0.1) is 0 Å². The first kappa shape index (κ1) is 13.6. The Kier molecular flexibility index (Phi) is 4.06. The van der Waals surface area contributed by atoms with Gasteiger partial charge in [-0.3, -0.25) is 10.1 Å². The number of nitrogens with zero attached hydrogens (tertiary/aromatic N) is 1. The maximum absolute atomic E-state index is 12.7. The lowest BCUT2D eigenvalue weighted by Gasteiger charge is -2.33. The van der Waals surface area contributed by atoms with Crippen LogP contribution in [0.25, 0.3) is 0 Å². The SMILES string of the molecule is CC1NC(Cc2ccccc2)C(=O)N1C1CCCCC1. The molecule has 2 atom stereocenters. The van der Waals surface area contributed by atoms with E-state index in [9.17, 15) is 4.79 Å². The van der Waals surface area contributed by atoms with Crippen molar-refractivity contribution in [2.24, 2.45) is 0 Å². The van der Waals surface area contributed by atoms with E-state index in [4.69, 9.17) is 0 Å². The highest BCUT2D eigenvalue weighted by molar-refractivity contribution is 5.85. The molecule has 1 saturated heterocycles. The van der Waals surface area contributed by atoms with Gasteiger partial charge in [0.25, 0.3) is 0 Å². The Morgan fingerprint density at radius 2 is 1.85 bits per heavy atom. The van der Waals surface area contributed by atoms with Gasteiger partial charge in [0, 0.05) is 6.04 Å². The molecule has 2 unspecified atom stereocenters.